The van der Waals surface area contributed by atoms with Gasteiger partial charge in [0.15, 0.2) is 6.61 Å². The first-order valence-electron chi connectivity index (χ1n) is 8.54. The lowest BCUT2D eigenvalue weighted by Gasteiger charge is -2.14. The molecule has 0 fully saturated rings. The minimum atomic E-state index is -0.663. The van der Waals surface area contributed by atoms with Crippen LogP contribution < -0.4 is 5.32 Å². The van der Waals surface area contributed by atoms with Crippen LogP contribution in [0.1, 0.15) is 30.5 Å². The molecule has 0 aliphatic rings. The Hall–Kier alpha value is -2.95. The molecule has 4 nitrogen and oxygen atoms in total. The highest BCUT2D eigenvalue weighted by atomic mass is 19.1. The fourth-order valence-corrected chi connectivity index (χ4v) is 2.54. The molecule has 2 aromatic rings. The van der Waals surface area contributed by atoms with Gasteiger partial charge in [-0.15, -0.1) is 0 Å². The van der Waals surface area contributed by atoms with E-state index >= 15 is 0 Å². The van der Waals surface area contributed by atoms with E-state index in [1.807, 2.05) is 32.0 Å². The number of esters is 1. The standard InChI is InChI=1S/C21H22FNO3/c1-3-16-8-6-9-17(4-2)21(16)23-19(24)14-26-20(25)12-11-15-7-5-10-18(22)13-15/h5-13H,3-4,14H2,1-2H3,(H,23,24)/b12-11+. The van der Waals surface area contributed by atoms with E-state index in [0.29, 0.717) is 5.56 Å². The zero-order valence-electron chi connectivity index (χ0n) is 14.9. The number of ether oxygens (including phenoxy) is 1. The van der Waals surface area contributed by atoms with Gasteiger partial charge in [-0.2, -0.15) is 0 Å². The Kier molecular flexibility index (Phi) is 7.09. The summed E-state index contributed by atoms with van der Waals surface area (Å²) in [4.78, 5) is 23.8. The van der Waals surface area contributed by atoms with Gasteiger partial charge in [0.2, 0.25) is 0 Å². The van der Waals surface area contributed by atoms with E-state index in [0.717, 1.165) is 29.7 Å². The fourth-order valence-electron chi connectivity index (χ4n) is 2.54. The van der Waals surface area contributed by atoms with Crippen molar-refractivity contribution in [2.45, 2.75) is 26.7 Å². The van der Waals surface area contributed by atoms with Crippen molar-refractivity contribution >= 4 is 23.6 Å². The zero-order valence-corrected chi connectivity index (χ0v) is 14.9. The predicted molar refractivity (Wildman–Crippen MR) is 100 cm³/mol. The molecule has 5 heteroatoms. The molecule has 0 unspecified atom stereocenters. The van der Waals surface area contributed by atoms with Crippen LogP contribution in [0.15, 0.2) is 48.5 Å². The summed E-state index contributed by atoms with van der Waals surface area (Å²) >= 11 is 0. The molecule has 1 amide bonds. The molecule has 0 spiro atoms. The largest absolute Gasteiger partial charge is 0.452 e. The number of aryl methyl sites for hydroxylation is 2. The van der Waals surface area contributed by atoms with E-state index in [4.69, 9.17) is 4.74 Å². The Morgan fingerprint density at radius 3 is 2.35 bits per heavy atom. The van der Waals surface area contributed by atoms with Crippen LogP contribution in [0, 0.1) is 5.82 Å². The van der Waals surface area contributed by atoms with Gasteiger partial charge in [-0.1, -0.05) is 44.2 Å². The maximum absolute atomic E-state index is 13.1. The third-order valence-electron chi connectivity index (χ3n) is 3.87. The molecule has 136 valence electrons. The number of halogens is 1. The minimum Gasteiger partial charge on any atom is -0.452 e. The van der Waals surface area contributed by atoms with E-state index in [1.165, 1.54) is 24.3 Å². The van der Waals surface area contributed by atoms with Gasteiger partial charge in [0.05, 0.1) is 0 Å². The molecule has 0 aromatic heterocycles. The minimum absolute atomic E-state index is 0.381. The number of carbonyl (C=O) groups is 2. The number of carbonyl (C=O) groups excluding carboxylic acids is 2. The monoisotopic (exact) mass is 355 g/mol. The smallest absolute Gasteiger partial charge is 0.331 e. The van der Waals surface area contributed by atoms with E-state index < -0.39 is 11.9 Å². The van der Waals surface area contributed by atoms with Crippen molar-refractivity contribution in [1.29, 1.82) is 0 Å². The lowest BCUT2D eigenvalue weighted by atomic mass is 10.0. The van der Waals surface area contributed by atoms with Crippen LogP contribution >= 0.6 is 0 Å². The van der Waals surface area contributed by atoms with E-state index in [2.05, 4.69) is 5.32 Å². The number of nitrogens with one attached hydrogen (secondary N) is 1. The molecule has 0 atom stereocenters. The van der Waals surface area contributed by atoms with Crippen LogP contribution in [-0.4, -0.2) is 18.5 Å². The second kappa shape index (κ2) is 9.51. The van der Waals surface area contributed by atoms with Crippen LogP contribution in [0.2, 0.25) is 0 Å². The molecule has 0 heterocycles. The Labute approximate surface area is 152 Å². The number of anilines is 1. The highest BCUT2D eigenvalue weighted by molar-refractivity contribution is 5.95. The van der Waals surface area contributed by atoms with Crippen LogP contribution in [0.5, 0.6) is 0 Å². The normalized spacial score (nSPS) is 10.7. The molecule has 0 saturated heterocycles. The van der Waals surface area contributed by atoms with Crippen LogP contribution in [-0.2, 0) is 27.2 Å². The number of hydrogen-bond acceptors (Lipinski definition) is 3. The van der Waals surface area contributed by atoms with Crippen molar-refractivity contribution < 1.29 is 18.7 Å². The molecular formula is C21H22FNO3. The van der Waals surface area contributed by atoms with E-state index in [-0.39, 0.29) is 12.4 Å². The van der Waals surface area contributed by atoms with Crippen molar-refractivity contribution in [2.75, 3.05) is 11.9 Å². The molecule has 0 saturated carbocycles. The van der Waals surface area contributed by atoms with Gasteiger partial charge in [-0.05, 0) is 47.7 Å². The van der Waals surface area contributed by atoms with Crippen molar-refractivity contribution in [3.05, 3.63) is 71.0 Å². The molecule has 26 heavy (non-hydrogen) atoms. The van der Waals surface area contributed by atoms with Crippen molar-refractivity contribution in [1.82, 2.24) is 0 Å². The Morgan fingerprint density at radius 2 is 1.73 bits per heavy atom. The molecule has 0 bridgehead atoms. The highest BCUT2D eigenvalue weighted by Crippen LogP contribution is 2.22. The number of rotatable bonds is 7. The zero-order chi connectivity index (χ0) is 18.9. The summed E-state index contributed by atoms with van der Waals surface area (Å²) in [7, 11) is 0. The summed E-state index contributed by atoms with van der Waals surface area (Å²) in [5.74, 6) is -1.45. The number of hydrogen-bond donors (Lipinski definition) is 1. The maximum atomic E-state index is 13.1. The van der Waals surface area contributed by atoms with Crippen molar-refractivity contribution in [3.8, 4) is 0 Å². The quantitative estimate of drug-likeness (QED) is 0.600. The lowest BCUT2D eigenvalue weighted by Crippen LogP contribution is -2.21. The van der Waals surface area contributed by atoms with Gasteiger partial charge in [0.1, 0.15) is 5.82 Å². The SMILES string of the molecule is CCc1cccc(CC)c1NC(=O)COC(=O)/C=C/c1cccc(F)c1. The summed E-state index contributed by atoms with van der Waals surface area (Å²) in [6, 6.07) is 11.7. The number of para-hydroxylation sites is 1. The molecule has 2 rings (SSSR count). The molecule has 1 N–H and O–H groups in total. The summed E-state index contributed by atoms with van der Waals surface area (Å²) in [6.07, 6.45) is 4.18. The van der Waals surface area contributed by atoms with E-state index in [9.17, 15) is 14.0 Å². The van der Waals surface area contributed by atoms with Crippen molar-refractivity contribution in [2.24, 2.45) is 0 Å². The molecule has 2 aromatic carbocycles. The molecule has 0 aliphatic carbocycles. The van der Waals surface area contributed by atoms with Gasteiger partial charge in [-0.3, -0.25) is 4.79 Å². The summed E-state index contributed by atoms with van der Waals surface area (Å²) in [6.45, 7) is 3.65. The van der Waals surface area contributed by atoms with Gasteiger partial charge >= 0.3 is 5.97 Å². The summed E-state index contributed by atoms with van der Waals surface area (Å²) in [5, 5.41) is 2.83. The van der Waals surface area contributed by atoms with Crippen LogP contribution in [0.4, 0.5) is 10.1 Å². The first-order chi connectivity index (χ1) is 12.5. The first kappa shape index (κ1) is 19.4. The van der Waals surface area contributed by atoms with Gasteiger partial charge in [0.25, 0.3) is 5.91 Å². The van der Waals surface area contributed by atoms with Crippen molar-refractivity contribution in [3.63, 3.8) is 0 Å². The third kappa shape index (κ3) is 5.55. The maximum Gasteiger partial charge on any atom is 0.331 e. The topological polar surface area (TPSA) is 55.4 Å². The molecule has 0 radical (unpaired) electrons. The highest BCUT2D eigenvalue weighted by Gasteiger charge is 2.11. The van der Waals surface area contributed by atoms with Gasteiger partial charge in [0, 0.05) is 11.8 Å². The Morgan fingerprint density at radius 1 is 1.08 bits per heavy atom. The Balaban J connectivity index is 1.92. The van der Waals surface area contributed by atoms with Gasteiger partial charge < -0.3 is 10.1 Å². The second-order valence-corrected chi connectivity index (χ2v) is 5.70. The lowest BCUT2D eigenvalue weighted by molar-refractivity contribution is -0.142. The average molecular weight is 355 g/mol. The summed E-state index contributed by atoms with van der Waals surface area (Å²) in [5.41, 5.74) is 3.40. The predicted octanol–water partition coefficient (Wildman–Crippen LogP) is 4.15. The molecule has 0 aliphatic heterocycles. The fraction of sp³-hybridized carbons (Fsp3) is 0.238. The summed E-state index contributed by atoms with van der Waals surface area (Å²) < 4.78 is 18.0. The van der Waals surface area contributed by atoms with E-state index in [1.54, 1.807) is 12.1 Å². The Bertz CT molecular complexity index is 792. The number of benzene rings is 2. The van der Waals surface area contributed by atoms with Gasteiger partial charge in [-0.25, -0.2) is 9.18 Å². The molecular weight excluding hydrogens is 333 g/mol. The van der Waals surface area contributed by atoms with Crippen LogP contribution in [0.3, 0.4) is 0 Å². The average Bonchev–Trinajstić information content (AvgIpc) is 2.65. The third-order valence-corrected chi connectivity index (χ3v) is 3.87. The van der Waals surface area contributed by atoms with Crippen LogP contribution in [0.25, 0.3) is 6.08 Å². The first-order valence-corrected chi connectivity index (χ1v) is 8.54. The number of amides is 1. The second-order valence-electron chi connectivity index (χ2n) is 5.70.